The summed E-state index contributed by atoms with van der Waals surface area (Å²) >= 11 is 0. The van der Waals surface area contributed by atoms with Crippen molar-refractivity contribution in [1.29, 1.82) is 0 Å². The molecule has 0 aliphatic heterocycles. The molecule has 0 saturated carbocycles. The first-order valence-corrected chi connectivity index (χ1v) is 22.4. The number of rotatable bonds is 10. The van der Waals surface area contributed by atoms with Gasteiger partial charge in [-0.25, -0.2) is 4.98 Å². The van der Waals surface area contributed by atoms with Gasteiger partial charge in [-0.15, -0.1) is 29.7 Å². The van der Waals surface area contributed by atoms with E-state index >= 15 is 0 Å². The van der Waals surface area contributed by atoms with Gasteiger partial charge in [-0.3, -0.25) is 4.57 Å². The maximum atomic E-state index is 6.70. The molecule has 0 fully saturated rings. The standard InChI is InChI=1S/C60H52N4O.Pt/c1-58(2,3)45-33-34-61-57(37-45)64-54-32-29-47(60(6,7)44-23-15-10-16-24-44)36-53(54)52-31-30-51(39-55(52)64)65-50-28-18-27-49(38-50)63-41-62(40-56(63)42-19-11-8-12-20-42)48-26-17-25-46(35-48)59(4,5)43-21-13-9-14-22-43;/h8-37,40H,1-7H3;/q-2;. The molecule has 3 heterocycles. The van der Waals surface area contributed by atoms with Gasteiger partial charge in [0.2, 0.25) is 0 Å². The molecule has 0 N–H and O–H groups in total. The van der Waals surface area contributed by atoms with Gasteiger partial charge in [0, 0.05) is 61.3 Å². The molecule has 0 atom stereocenters. The molecule has 5 nitrogen and oxygen atoms in total. The van der Waals surface area contributed by atoms with Gasteiger partial charge in [0.25, 0.3) is 6.33 Å². The van der Waals surface area contributed by atoms with Crippen LogP contribution in [0.25, 0.3) is 50.3 Å². The average Bonchev–Trinajstić information content (AvgIpc) is 3.92. The van der Waals surface area contributed by atoms with Gasteiger partial charge in [-0.2, -0.15) is 18.2 Å². The van der Waals surface area contributed by atoms with Crippen molar-refractivity contribution in [1.82, 2.24) is 14.1 Å². The van der Waals surface area contributed by atoms with Gasteiger partial charge >= 0.3 is 0 Å². The minimum atomic E-state index is -0.206. The van der Waals surface area contributed by atoms with Crippen LogP contribution in [-0.2, 0) is 37.3 Å². The largest absolute Gasteiger partial charge is 0.510 e. The van der Waals surface area contributed by atoms with Crippen LogP contribution in [0.1, 0.15) is 76.3 Å². The van der Waals surface area contributed by atoms with E-state index in [0.29, 0.717) is 11.5 Å². The second-order valence-electron chi connectivity index (χ2n) is 19.0. The first-order valence-electron chi connectivity index (χ1n) is 22.4. The molecule has 0 unspecified atom stereocenters. The fourth-order valence-corrected chi connectivity index (χ4v) is 8.95. The third kappa shape index (κ3) is 8.33. The van der Waals surface area contributed by atoms with E-state index in [0.717, 1.165) is 50.3 Å². The molecule has 6 heteroatoms. The third-order valence-electron chi connectivity index (χ3n) is 13.0. The molecule has 0 saturated heterocycles. The van der Waals surface area contributed by atoms with Crippen molar-refractivity contribution < 1.29 is 30.4 Å². The van der Waals surface area contributed by atoms with E-state index in [1.54, 1.807) is 0 Å². The van der Waals surface area contributed by atoms with Crippen molar-refractivity contribution in [2.24, 2.45) is 0 Å². The second kappa shape index (κ2) is 17.5. The Morgan fingerprint density at radius 1 is 0.530 bits per heavy atom. The van der Waals surface area contributed by atoms with Crippen LogP contribution in [0.5, 0.6) is 11.5 Å². The number of imidazole rings is 1. The SMILES string of the molecule is CC(C)(C)c1ccnc(-n2c3[c-]c(Oc4[c-]c(-n5[c-][n+](-c6cccc(C(C)(C)c7ccccc7)c6)cc5-c5ccccc5)ccc4)ccc3c3cc(C(C)(C)c4ccccc4)ccc32)c1.[Pt]. The molecule has 0 bridgehead atoms. The van der Waals surface area contributed by atoms with Crippen LogP contribution in [0.2, 0.25) is 0 Å². The zero-order valence-electron chi connectivity index (χ0n) is 38.4. The summed E-state index contributed by atoms with van der Waals surface area (Å²) in [7, 11) is 0. The minimum absolute atomic E-state index is 0. The zero-order valence-corrected chi connectivity index (χ0v) is 40.7. The van der Waals surface area contributed by atoms with Crippen LogP contribution in [0.15, 0.2) is 188 Å². The monoisotopic (exact) mass is 1040 g/mol. The molecular weight excluding hydrogens is 988 g/mol. The summed E-state index contributed by atoms with van der Waals surface area (Å²) < 4.78 is 13.1. The number of nitrogens with zero attached hydrogens (tertiary/aromatic N) is 4. The molecular formula is C60H52N4OPt-2. The zero-order chi connectivity index (χ0) is 44.9. The van der Waals surface area contributed by atoms with Crippen LogP contribution in [-0.4, -0.2) is 14.1 Å². The summed E-state index contributed by atoms with van der Waals surface area (Å²) in [6.07, 6.45) is 7.71. The summed E-state index contributed by atoms with van der Waals surface area (Å²) in [5.74, 6) is 1.99. The van der Waals surface area contributed by atoms with Gasteiger partial charge in [-0.05, 0) is 80.2 Å². The maximum Gasteiger partial charge on any atom is 0.267 e. The minimum Gasteiger partial charge on any atom is -0.510 e. The molecule has 0 aliphatic rings. The summed E-state index contributed by atoms with van der Waals surface area (Å²) in [6, 6.07) is 69.1. The Balaban J connectivity index is 0.00000548. The number of fused-ring (bicyclic) bond motifs is 3. The molecule has 0 spiro atoms. The van der Waals surface area contributed by atoms with E-state index in [1.165, 1.54) is 27.8 Å². The number of pyridine rings is 1. The van der Waals surface area contributed by atoms with Crippen LogP contribution in [0.3, 0.4) is 0 Å². The molecule has 330 valence electrons. The van der Waals surface area contributed by atoms with Gasteiger partial charge in [0.1, 0.15) is 5.82 Å². The van der Waals surface area contributed by atoms with Crippen LogP contribution in [0.4, 0.5) is 0 Å². The Morgan fingerprint density at radius 2 is 1.15 bits per heavy atom. The van der Waals surface area contributed by atoms with Gasteiger partial charge < -0.3 is 13.9 Å². The van der Waals surface area contributed by atoms with Gasteiger partial charge in [-0.1, -0.05) is 169 Å². The van der Waals surface area contributed by atoms with Crippen molar-refractivity contribution in [2.75, 3.05) is 0 Å². The first kappa shape index (κ1) is 44.4. The van der Waals surface area contributed by atoms with Crippen LogP contribution >= 0.6 is 0 Å². The Kier molecular flexibility index (Phi) is 11.8. The van der Waals surface area contributed by atoms with Crippen molar-refractivity contribution >= 4 is 21.8 Å². The smallest absolute Gasteiger partial charge is 0.267 e. The maximum absolute atomic E-state index is 6.70. The van der Waals surface area contributed by atoms with Gasteiger partial charge in [0.15, 0.2) is 0 Å². The predicted molar refractivity (Wildman–Crippen MR) is 264 cm³/mol. The predicted octanol–water partition coefficient (Wildman–Crippen LogP) is 14.1. The second-order valence-corrected chi connectivity index (χ2v) is 19.0. The summed E-state index contributed by atoms with van der Waals surface area (Å²) in [4.78, 5) is 4.95. The Labute approximate surface area is 403 Å². The molecule has 0 radical (unpaired) electrons. The van der Waals surface area contributed by atoms with E-state index < -0.39 is 0 Å². The molecule has 3 aromatic heterocycles. The third-order valence-corrected chi connectivity index (χ3v) is 13.0. The van der Waals surface area contributed by atoms with Crippen molar-refractivity contribution in [3.8, 4) is 39.9 Å². The quantitative estimate of drug-likeness (QED) is 0.101. The van der Waals surface area contributed by atoms with E-state index in [9.17, 15) is 0 Å². The molecule has 0 aliphatic carbocycles. The van der Waals surface area contributed by atoms with E-state index in [1.807, 2.05) is 36.5 Å². The average molecular weight is 1040 g/mol. The van der Waals surface area contributed by atoms with Crippen molar-refractivity contribution in [3.05, 3.63) is 235 Å². The van der Waals surface area contributed by atoms with E-state index in [2.05, 4.69) is 232 Å². The van der Waals surface area contributed by atoms with E-state index in [-0.39, 0.29) is 37.3 Å². The molecule has 10 rings (SSSR count). The summed E-state index contributed by atoms with van der Waals surface area (Å²) in [5.41, 5.74) is 11.6. The Bertz CT molecular complexity index is 3320. The molecule has 7 aromatic carbocycles. The molecule has 66 heavy (non-hydrogen) atoms. The number of benzene rings is 7. The first-order chi connectivity index (χ1) is 31.3. The summed E-state index contributed by atoms with van der Waals surface area (Å²) in [5, 5.41) is 2.22. The Hall–Kier alpha value is -6.81. The number of hydrogen-bond acceptors (Lipinski definition) is 2. The van der Waals surface area contributed by atoms with Crippen LogP contribution < -0.4 is 9.30 Å². The van der Waals surface area contributed by atoms with Crippen molar-refractivity contribution in [3.63, 3.8) is 0 Å². The number of hydrogen-bond donors (Lipinski definition) is 0. The normalized spacial score (nSPS) is 12.0. The topological polar surface area (TPSA) is 35.9 Å². The summed E-state index contributed by atoms with van der Waals surface area (Å²) in [6.45, 7) is 15.8. The number of ether oxygens (including phenoxy) is 1. The fraction of sp³-hybridized carbons (Fsp3) is 0.167. The van der Waals surface area contributed by atoms with Gasteiger partial charge in [0.05, 0.1) is 11.4 Å². The fourth-order valence-electron chi connectivity index (χ4n) is 8.95. The van der Waals surface area contributed by atoms with Crippen molar-refractivity contribution in [2.45, 2.75) is 64.7 Å². The molecule has 0 amide bonds. The molecule has 10 aromatic rings. The Morgan fingerprint density at radius 3 is 1.83 bits per heavy atom. The number of aromatic nitrogens is 4. The van der Waals surface area contributed by atoms with E-state index in [4.69, 9.17) is 9.72 Å². The van der Waals surface area contributed by atoms with Crippen LogP contribution in [0, 0.1) is 18.5 Å².